The van der Waals surface area contributed by atoms with Crippen molar-refractivity contribution in [3.05, 3.63) is 65.9 Å². The number of ether oxygens (including phenoxy) is 3. The second-order valence-corrected chi connectivity index (χ2v) is 6.01. The second-order valence-electron chi connectivity index (χ2n) is 6.01. The summed E-state index contributed by atoms with van der Waals surface area (Å²) in [4.78, 5) is 14.5. The third-order valence-electron chi connectivity index (χ3n) is 4.16. The molecule has 0 aliphatic heterocycles. The predicted molar refractivity (Wildman–Crippen MR) is 106 cm³/mol. The molecule has 1 amide bonds. The number of carbonyl (C=O) groups is 1. The first-order chi connectivity index (χ1) is 13.5. The molecule has 0 bridgehead atoms. The standard InChI is InChI=1S/C21H21N3O4/c1-14-8-13-19(23-22-14)28-16-11-9-15(10-12-16)24(2)21(25)17-6-5-7-18(26-3)20(17)27-4/h5-13H,1-4H3. The molecular formula is C21H21N3O4. The maximum Gasteiger partial charge on any atom is 0.261 e. The summed E-state index contributed by atoms with van der Waals surface area (Å²) in [6.07, 6.45) is 0. The summed E-state index contributed by atoms with van der Waals surface area (Å²) < 4.78 is 16.3. The lowest BCUT2D eigenvalue weighted by molar-refractivity contribution is 0.0989. The number of hydrogen-bond donors (Lipinski definition) is 0. The number of carbonyl (C=O) groups excluding carboxylic acids is 1. The summed E-state index contributed by atoms with van der Waals surface area (Å²) in [5, 5.41) is 7.93. The van der Waals surface area contributed by atoms with Crippen LogP contribution in [0.1, 0.15) is 16.1 Å². The fraction of sp³-hybridized carbons (Fsp3) is 0.190. The monoisotopic (exact) mass is 379 g/mol. The summed E-state index contributed by atoms with van der Waals surface area (Å²) >= 11 is 0. The fourth-order valence-corrected chi connectivity index (χ4v) is 2.65. The van der Waals surface area contributed by atoms with E-state index in [9.17, 15) is 4.79 Å². The minimum Gasteiger partial charge on any atom is -0.493 e. The lowest BCUT2D eigenvalue weighted by atomic mass is 10.1. The Morgan fingerprint density at radius 2 is 1.68 bits per heavy atom. The van der Waals surface area contributed by atoms with Crippen molar-refractivity contribution in [1.82, 2.24) is 10.2 Å². The number of methoxy groups -OCH3 is 2. The van der Waals surface area contributed by atoms with Gasteiger partial charge in [0.2, 0.25) is 5.88 Å². The Labute approximate surface area is 163 Å². The van der Waals surface area contributed by atoms with Crippen molar-refractivity contribution in [1.29, 1.82) is 0 Å². The third kappa shape index (κ3) is 4.03. The minimum atomic E-state index is -0.214. The van der Waals surface area contributed by atoms with E-state index in [1.54, 1.807) is 55.6 Å². The van der Waals surface area contributed by atoms with Gasteiger partial charge in [0.05, 0.1) is 25.5 Å². The summed E-state index contributed by atoms with van der Waals surface area (Å²) in [7, 11) is 4.74. The van der Waals surface area contributed by atoms with E-state index in [1.807, 2.05) is 13.0 Å². The molecule has 0 saturated heterocycles. The van der Waals surface area contributed by atoms with E-state index in [0.717, 1.165) is 5.69 Å². The average Bonchev–Trinajstić information content (AvgIpc) is 2.74. The van der Waals surface area contributed by atoms with Crippen LogP contribution in [0.4, 0.5) is 5.69 Å². The molecule has 3 rings (SSSR count). The van der Waals surface area contributed by atoms with Crippen molar-refractivity contribution in [2.75, 3.05) is 26.2 Å². The Morgan fingerprint density at radius 3 is 2.29 bits per heavy atom. The molecule has 2 aromatic carbocycles. The number of benzene rings is 2. The SMILES string of the molecule is COc1cccc(C(=O)N(C)c2ccc(Oc3ccc(C)nn3)cc2)c1OC. The van der Waals surface area contributed by atoms with E-state index in [1.165, 1.54) is 19.1 Å². The molecule has 7 nitrogen and oxygen atoms in total. The van der Waals surface area contributed by atoms with Crippen molar-refractivity contribution < 1.29 is 19.0 Å². The maximum atomic E-state index is 12.9. The van der Waals surface area contributed by atoms with Crippen molar-refractivity contribution in [2.45, 2.75) is 6.92 Å². The Morgan fingerprint density at radius 1 is 0.929 bits per heavy atom. The molecule has 0 N–H and O–H groups in total. The van der Waals surface area contributed by atoms with Crippen molar-refractivity contribution in [3.63, 3.8) is 0 Å². The van der Waals surface area contributed by atoms with Gasteiger partial charge in [-0.05, 0) is 49.4 Å². The molecule has 1 heterocycles. The molecule has 7 heteroatoms. The van der Waals surface area contributed by atoms with E-state index in [-0.39, 0.29) is 5.91 Å². The molecule has 0 saturated carbocycles. The molecule has 0 radical (unpaired) electrons. The van der Waals surface area contributed by atoms with Crippen LogP contribution < -0.4 is 19.1 Å². The van der Waals surface area contributed by atoms with Gasteiger partial charge in [0.15, 0.2) is 11.5 Å². The second kappa shape index (κ2) is 8.39. The maximum absolute atomic E-state index is 12.9. The zero-order chi connectivity index (χ0) is 20.1. The normalized spacial score (nSPS) is 10.3. The van der Waals surface area contributed by atoms with Crippen molar-refractivity contribution >= 4 is 11.6 Å². The molecule has 0 atom stereocenters. The van der Waals surface area contributed by atoms with E-state index in [2.05, 4.69) is 10.2 Å². The Bertz CT molecular complexity index is 956. The number of aromatic nitrogens is 2. The molecule has 0 unspecified atom stereocenters. The van der Waals surface area contributed by atoms with Crippen LogP contribution in [0.5, 0.6) is 23.1 Å². The van der Waals surface area contributed by atoms with E-state index < -0.39 is 0 Å². The molecular weight excluding hydrogens is 358 g/mol. The highest BCUT2D eigenvalue weighted by Gasteiger charge is 2.20. The first-order valence-electron chi connectivity index (χ1n) is 8.60. The van der Waals surface area contributed by atoms with Crippen molar-refractivity contribution in [3.8, 4) is 23.1 Å². The van der Waals surface area contributed by atoms with Crippen LogP contribution in [-0.4, -0.2) is 37.4 Å². The lowest BCUT2D eigenvalue weighted by Crippen LogP contribution is -2.26. The van der Waals surface area contributed by atoms with Gasteiger partial charge >= 0.3 is 0 Å². The molecule has 1 aromatic heterocycles. The number of hydrogen-bond acceptors (Lipinski definition) is 6. The zero-order valence-electron chi connectivity index (χ0n) is 16.2. The smallest absolute Gasteiger partial charge is 0.261 e. The average molecular weight is 379 g/mol. The van der Waals surface area contributed by atoms with E-state index in [4.69, 9.17) is 14.2 Å². The van der Waals surface area contributed by atoms with Crippen LogP contribution in [-0.2, 0) is 0 Å². The Balaban J connectivity index is 1.78. The number of nitrogens with zero attached hydrogens (tertiary/aromatic N) is 3. The number of amides is 1. The minimum absolute atomic E-state index is 0.214. The Hall–Kier alpha value is -3.61. The van der Waals surface area contributed by atoms with Gasteiger partial charge in [0, 0.05) is 18.8 Å². The molecule has 0 aliphatic rings. The van der Waals surface area contributed by atoms with Crippen LogP contribution in [0.3, 0.4) is 0 Å². The lowest BCUT2D eigenvalue weighted by Gasteiger charge is -2.20. The van der Waals surface area contributed by atoms with Gasteiger partial charge in [-0.15, -0.1) is 5.10 Å². The summed E-state index contributed by atoms with van der Waals surface area (Å²) in [6.45, 7) is 1.86. The zero-order valence-corrected chi connectivity index (χ0v) is 16.2. The molecule has 28 heavy (non-hydrogen) atoms. The topological polar surface area (TPSA) is 73.8 Å². The first-order valence-corrected chi connectivity index (χ1v) is 8.60. The predicted octanol–water partition coefficient (Wildman–Crippen LogP) is 3.87. The highest BCUT2D eigenvalue weighted by molar-refractivity contribution is 6.08. The number of rotatable bonds is 6. The van der Waals surface area contributed by atoms with Gasteiger partial charge in [0.25, 0.3) is 5.91 Å². The van der Waals surface area contributed by atoms with Gasteiger partial charge in [-0.2, -0.15) is 5.10 Å². The van der Waals surface area contributed by atoms with Crippen LogP contribution in [0.25, 0.3) is 0 Å². The number of para-hydroxylation sites is 1. The van der Waals surface area contributed by atoms with Gasteiger partial charge in [0.1, 0.15) is 5.75 Å². The van der Waals surface area contributed by atoms with Gasteiger partial charge < -0.3 is 19.1 Å². The van der Waals surface area contributed by atoms with Crippen LogP contribution in [0.15, 0.2) is 54.6 Å². The van der Waals surface area contributed by atoms with Gasteiger partial charge in [-0.3, -0.25) is 4.79 Å². The van der Waals surface area contributed by atoms with Gasteiger partial charge in [-0.25, -0.2) is 0 Å². The molecule has 0 aliphatic carbocycles. The van der Waals surface area contributed by atoms with Crippen LogP contribution in [0.2, 0.25) is 0 Å². The highest BCUT2D eigenvalue weighted by atomic mass is 16.5. The number of anilines is 1. The number of aryl methyl sites for hydroxylation is 1. The Kier molecular flexibility index (Phi) is 5.74. The first kappa shape index (κ1) is 19.2. The van der Waals surface area contributed by atoms with E-state index in [0.29, 0.717) is 34.4 Å². The summed E-state index contributed by atoms with van der Waals surface area (Å²) in [6, 6.07) is 15.9. The van der Waals surface area contributed by atoms with E-state index >= 15 is 0 Å². The van der Waals surface area contributed by atoms with Crippen LogP contribution in [0, 0.1) is 6.92 Å². The third-order valence-corrected chi connectivity index (χ3v) is 4.16. The largest absolute Gasteiger partial charge is 0.493 e. The fourth-order valence-electron chi connectivity index (χ4n) is 2.65. The highest BCUT2D eigenvalue weighted by Crippen LogP contribution is 2.32. The molecule has 0 fully saturated rings. The van der Waals surface area contributed by atoms with Crippen LogP contribution >= 0.6 is 0 Å². The summed E-state index contributed by atoms with van der Waals surface area (Å²) in [5.74, 6) is 1.70. The molecule has 0 spiro atoms. The quantitative estimate of drug-likeness (QED) is 0.647. The van der Waals surface area contributed by atoms with Crippen molar-refractivity contribution in [2.24, 2.45) is 0 Å². The van der Waals surface area contributed by atoms with Gasteiger partial charge in [-0.1, -0.05) is 6.07 Å². The molecule has 144 valence electrons. The summed E-state index contributed by atoms with van der Waals surface area (Å²) in [5.41, 5.74) is 1.94. The molecule has 3 aromatic rings.